The monoisotopic (exact) mass is 259 g/mol. The van der Waals surface area contributed by atoms with E-state index in [2.05, 4.69) is 11.7 Å². The van der Waals surface area contributed by atoms with Crippen LogP contribution in [0.15, 0.2) is 22.1 Å². The molecule has 0 saturated heterocycles. The van der Waals surface area contributed by atoms with E-state index in [9.17, 15) is 8.42 Å². The van der Waals surface area contributed by atoms with Crippen molar-refractivity contribution in [1.82, 2.24) is 9.46 Å². The smallest absolute Gasteiger partial charge is 0.248 e. The molecule has 0 atom stereocenters. The predicted octanol–water partition coefficient (Wildman–Crippen LogP) is 0.427. The summed E-state index contributed by atoms with van der Waals surface area (Å²) < 4.78 is 30.8. The first-order valence-electron chi connectivity index (χ1n) is 5.19. The second kappa shape index (κ2) is 5.44. The Hall–Kier alpha value is -1.18. The third-order valence-corrected chi connectivity index (χ3v) is 4.39. The summed E-state index contributed by atoms with van der Waals surface area (Å²) >= 11 is 0. The quantitative estimate of drug-likeness (QED) is 0.748. The Balaban J connectivity index is 3.20. The van der Waals surface area contributed by atoms with E-state index in [1.165, 1.54) is 10.4 Å². The lowest BCUT2D eigenvalue weighted by molar-refractivity contribution is 0.389. The van der Waals surface area contributed by atoms with Crippen molar-refractivity contribution < 1.29 is 12.9 Å². The highest BCUT2D eigenvalue weighted by atomic mass is 32.2. The van der Waals surface area contributed by atoms with Gasteiger partial charge in [0.15, 0.2) is 5.76 Å². The van der Waals surface area contributed by atoms with E-state index in [-0.39, 0.29) is 30.3 Å². The van der Waals surface area contributed by atoms with E-state index >= 15 is 0 Å². The van der Waals surface area contributed by atoms with Gasteiger partial charge in [-0.05, 0) is 13.8 Å². The topological polar surface area (TPSA) is 89.4 Å². The molecule has 6 nitrogen and oxygen atoms in total. The van der Waals surface area contributed by atoms with Crippen LogP contribution in [0.2, 0.25) is 0 Å². The average Bonchev–Trinajstić information content (AvgIpc) is 2.58. The van der Waals surface area contributed by atoms with Crippen molar-refractivity contribution in [2.24, 2.45) is 5.73 Å². The Morgan fingerprint density at radius 2 is 2.18 bits per heavy atom. The number of hydrogen-bond donors (Lipinski definition) is 1. The first kappa shape index (κ1) is 13.9. The minimum absolute atomic E-state index is 0.118. The van der Waals surface area contributed by atoms with Gasteiger partial charge < -0.3 is 10.3 Å². The van der Waals surface area contributed by atoms with Gasteiger partial charge in [0.2, 0.25) is 10.0 Å². The lowest BCUT2D eigenvalue weighted by atomic mass is 10.4. The van der Waals surface area contributed by atoms with Crippen LogP contribution in [-0.4, -0.2) is 37.5 Å². The molecule has 0 radical (unpaired) electrons. The fourth-order valence-electron chi connectivity index (χ4n) is 1.57. The van der Waals surface area contributed by atoms with Crippen LogP contribution in [0.25, 0.3) is 0 Å². The SMILES string of the molecule is C=CCN(CCN)S(=O)(=O)c1c(C)noc1C. The number of aryl methyl sites for hydroxylation is 2. The molecule has 0 aliphatic carbocycles. The summed E-state index contributed by atoms with van der Waals surface area (Å²) in [4.78, 5) is 0.118. The number of hydrogen-bond acceptors (Lipinski definition) is 5. The van der Waals surface area contributed by atoms with Crippen LogP contribution in [0, 0.1) is 13.8 Å². The molecule has 1 aromatic rings. The van der Waals surface area contributed by atoms with Gasteiger partial charge in [-0.15, -0.1) is 6.58 Å². The molecular weight excluding hydrogens is 242 g/mol. The Morgan fingerprint density at radius 1 is 1.53 bits per heavy atom. The summed E-state index contributed by atoms with van der Waals surface area (Å²) in [5, 5.41) is 3.65. The van der Waals surface area contributed by atoms with Crippen molar-refractivity contribution in [1.29, 1.82) is 0 Å². The third kappa shape index (κ3) is 2.74. The minimum atomic E-state index is -3.62. The zero-order valence-corrected chi connectivity index (χ0v) is 10.8. The lowest BCUT2D eigenvalue weighted by Gasteiger charge is -2.19. The van der Waals surface area contributed by atoms with Crippen molar-refractivity contribution in [3.63, 3.8) is 0 Å². The van der Waals surface area contributed by atoms with Crippen molar-refractivity contribution in [3.8, 4) is 0 Å². The Kier molecular flexibility index (Phi) is 4.44. The van der Waals surface area contributed by atoms with Crippen LogP contribution in [0.1, 0.15) is 11.5 Å². The van der Waals surface area contributed by atoms with Crippen molar-refractivity contribution in [2.45, 2.75) is 18.7 Å². The van der Waals surface area contributed by atoms with Crippen LogP contribution < -0.4 is 5.73 Å². The largest absolute Gasteiger partial charge is 0.360 e. The van der Waals surface area contributed by atoms with Gasteiger partial charge in [-0.1, -0.05) is 11.2 Å². The number of sulfonamides is 1. The number of aromatic nitrogens is 1. The first-order chi connectivity index (χ1) is 7.95. The Morgan fingerprint density at radius 3 is 2.59 bits per heavy atom. The van der Waals surface area contributed by atoms with Gasteiger partial charge in [0.1, 0.15) is 10.6 Å². The highest BCUT2D eigenvalue weighted by Crippen LogP contribution is 2.22. The molecule has 17 heavy (non-hydrogen) atoms. The predicted molar refractivity (Wildman–Crippen MR) is 64.0 cm³/mol. The molecule has 7 heteroatoms. The van der Waals surface area contributed by atoms with Crippen molar-refractivity contribution >= 4 is 10.0 Å². The molecule has 0 aliphatic rings. The molecule has 1 heterocycles. The number of nitrogens with two attached hydrogens (primary N) is 1. The maximum absolute atomic E-state index is 12.3. The molecule has 1 rings (SSSR count). The molecule has 96 valence electrons. The summed E-state index contributed by atoms with van der Waals surface area (Å²) in [5.41, 5.74) is 5.76. The standard InChI is InChI=1S/C10H17N3O3S/c1-4-6-13(7-5-11)17(14,15)10-8(2)12-16-9(10)3/h4H,1,5-7,11H2,2-3H3. The molecule has 0 spiro atoms. The molecule has 0 fully saturated rings. The fraction of sp³-hybridized carbons (Fsp3) is 0.500. The summed E-state index contributed by atoms with van der Waals surface area (Å²) in [6.07, 6.45) is 1.52. The zero-order valence-electron chi connectivity index (χ0n) is 10.0. The van der Waals surface area contributed by atoms with Gasteiger partial charge in [-0.3, -0.25) is 0 Å². The molecular formula is C10H17N3O3S. The van der Waals surface area contributed by atoms with Gasteiger partial charge in [-0.2, -0.15) is 4.31 Å². The van der Waals surface area contributed by atoms with Gasteiger partial charge in [0.25, 0.3) is 0 Å². The van der Waals surface area contributed by atoms with Crippen LogP contribution in [-0.2, 0) is 10.0 Å². The molecule has 2 N–H and O–H groups in total. The van der Waals surface area contributed by atoms with Gasteiger partial charge >= 0.3 is 0 Å². The highest BCUT2D eigenvalue weighted by Gasteiger charge is 2.29. The maximum Gasteiger partial charge on any atom is 0.248 e. The van der Waals surface area contributed by atoms with Crippen LogP contribution in [0.4, 0.5) is 0 Å². The summed E-state index contributed by atoms with van der Waals surface area (Å²) in [7, 11) is -3.62. The fourth-order valence-corrected chi connectivity index (χ4v) is 3.29. The highest BCUT2D eigenvalue weighted by molar-refractivity contribution is 7.89. The van der Waals surface area contributed by atoms with Crippen molar-refractivity contribution in [3.05, 3.63) is 24.1 Å². The van der Waals surface area contributed by atoms with Crippen LogP contribution in [0.3, 0.4) is 0 Å². The summed E-state index contributed by atoms with van der Waals surface area (Å²) in [5.74, 6) is 0.286. The second-order valence-corrected chi connectivity index (χ2v) is 5.47. The number of nitrogens with zero attached hydrogens (tertiary/aromatic N) is 2. The van der Waals surface area contributed by atoms with Crippen LogP contribution in [0.5, 0.6) is 0 Å². The Labute approximate surface area is 101 Å². The van der Waals surface area contributed by atoms with Crippen molar-refractivity contribution in [2.75, 3.05) is 19.6 Å². The molecule has 1 aromatic heterocycles. The van der Waals surface area contributed by atoms with E-state index in [0.29, 0.717) is 5.69 Å². The lowest BCUT2D eigenvalue weighted by Crippen LogP contribution is -2.35. The minimum Gasteiger partial charge on any atom is -0.360 e. The van der Waals surface area contributed by atoms with E-state index < -0.39 is 10.0 Å². The Bertz CT molecular complexity index is 473. The average molecular weight is 259 g/mol. The molecule has 0 aliphatic heterocycles. The van der Waals surface area contributed by atoms with Crippen LogP contribution >= 0.6 is 0 Å². The van der Waals surface area contributed by atoms with E-state index in [1.807, 2.05) is 0 Å². The maximum atomic E-state index is 12.3. The normalized spacial score (nSPS) is 12.0. The zero-order chi connectivity index (χ0) is 13.1. The van der Waals surface area contributed by atoms with Gasteiger partial charge in [0.05, 0.1) is 0 Å². The molecule has 0 amide bonds. The first-order valence-corrected chi connectivity index (χ1v) is 6.63. The van der Waals surface area contributed by atoms with E-state index in [4.69, 9.17) is 10.3 Å². The van der Waals surface area contributed by atoms with E-state index in [0.717, 1.165) is 0 Å². The summed E-state index contributed by atoms with van der Waals surface area (Å²) in [6.45, 7) is 7.40. The second-order valence-electron chi connectivity index (χ2n) is 3.59. The van der Waals surface area contributed by atoms with Gasteiger partial charge in [-0.25, -0.2) is 8.42 Å². The molecule has 0 bridgehead atoms. The molecule has 0 saturated carbocycles. The summed E-state index contributed by atoms with van der Waals surface area (Å²) in [6, 6.07) is 0. The number of rotatable bonds is 6. The molecule has 0 aromatic carbocycles. The van der Waals surface area contributed by atoms with Gasteiger partial charge in [0, 0.05) is 19.6 Å². The third-order valence-electron chi connectivity index (χ3n) is 2.28. The molecule has 0 unspecified atom stereocenters. The van der Waals surface area contributed by atoms with E-state index in [1.54, 1.807) is 13.8 Å².